The first-order valence-electron chi connectivity index (χ1n) is 4.15. The molecule has 0 radical (unpaired) electrons. The number of ketones is 1. The molecule has 2 N–H and O–H groups in total. The molecule has 1 aromatic carbocycles. The molecular formula is C10H11Cl2NO. The van der Waals surface area contributed by atoms with E-state index in [1.54, 1.807) is 18.2 Å². The molecule has 0 aromatic heterocycles. The number of hydrogen-bond acceptors (Lipinski definition) is 2. The van der Waals surface area contributed by atoms with E-state index in [4.69, 9.17) is 28.9 Å². The van der Waals surface area contributed by atoms with Gasteiger partial charge in [-0.15, -0.1) is 23.2 Å². The number of carbonyl (C=O) groups excluding carboxylic acids is 1. The second kappa shape index (κ2) is 4.67. The Bertz CT molecular complexity index is 352. The van der Waals surface area contributed by atoms with Crippen molar-refractivity contribution >= 4 is 34.7 Å². The van der Waals surface area contributed by atoms with E-state index in [0.29, 0.717) is 17.1 Å². The number of nitrogens with two attached hydrogens (primary N) is 1. The van der Waals surface area contributed by atoms with Gasteiger partial charge in [0.2, 0.25) is 0 Å². The zero-order chi connectivity index (χ0) is 10.7. The minimum Gasteiger partial charge on any atom is -0.398 e. The minimum absolute atomic E-state index is 0.0929. The van der Waals surface area contributed by atoms with Gasteiger partial charge in [0.05, 0.1) is 0 Å². The molecule has 2 nitrogen and oxygen atoms in total. The van der Waals surface area contributed by atoms with Crippen LogP contribution in [-0.4, -0.2) is 5.78 Å². The molecule has 0 spiro atoms. The number of nitrogen functional groups attached to an aromatic ring is 1. The van der Waals surface area contributed by atoms with Crippen molar-refractivity contribution in [1.29, 1.82) is 0 Å². The molecule has 1 aromatic rings. The highest BCUT2D eigenvalue weighted by atomic mass is 35.5. The minimum atomic E-state index is -0.623. The lowest BCUT2D eigenvalue weighted by Gasteiger charge is -2.08. The second-order valence-corrected chi connectivity index (χ2v) is 3.77. The highest BCUT2D eigenvalue weighted by molar-refractivity contribution is 6.30. The Labute approximate surface area is 93.0 Å². The third-order valence-corrected chi connectivity index (χ3v) is 2.81. The molecule has 0 fully saturated rings. The van der Waals surface area contributed by atoms with Crippen molar-refractivity contribution in [2.75, 3.05) is 5.73 Å². The van der Waals surface area contributed by atoms with Crippen LogP contribution < -0.4 is 5.73 Å². The molecule has 0 saturated heterocycles. The van der Waals surface area contributed by atoms with Gasteiger partial charge in [-0.05, 0) is 24.1 Å². The fourth-order valence-corrected chi connectivity index (χ4v) is 1.51. The van der Waals surface area contributed by atoms with E-state index in [2.05, 4.69) is 0 Å². The lowest BCUT2D eigenvalue weighted by Crippen LogP contribution is -2.03. The predicted molar refractivity (Wildman–Crippen MR) is 59.7 cm³/mol. The topological polar surface area (TPSA) is 43.1 Å². The summed E-state index contributed by atoms with van der Waals surface area (Å²) in [5, 5.41) is -0.623. The summed E-state index contributed by atoms with van der Waals surface area (Å²) in [7, 11) is 0. The Hall–Kier alpha value is -0.730. The average Bonchev–Trinajstić information content (AvgIpc) is 2.16. The zero-order valence-corrected chi connectivity index (χ0v) is 9.27. The van der Waals surface area contributed by atoms with Crippen molar-refractivity contribution in [3.8, 4) is 0 Å². The van der Waals surface area contributed by atoms with Gasteiger partial charge in [0.25, 0.3) is 0 Å². The Kier molecular flexibility index (Phi) is 3.78. The summed E-state index contributed by atoms with van der Waals surface area (Å²) in [6.45, 7) is 1.45. The third-order valence-electron chi connectivity index (χ3n) is 1.96. The fraction of sp³-hybridized carbons (Fsp3) is 0.300. The molecule has 1 rings (SSSR count). The molecule has 0 aliphatic carbocycles. The quantitative estimate of drug-likeness (QED) is 0.643. The average molecular weight is 232 g/mol. The molecule has 4 heteroatoms. The molecule has 0 heterocycles. The molecule has 0 amide bonds. The standard InChI is InChI=1S/C10H11Cl2NO/c1-6(14)10(12)7-2-3-8(5-11)9(13)4-7/h2-4,10H,5,13H2,1H3. The number of carbonyl (C=O) groups is 1. The summed E-state index contributed by atoms with van der Waals surface area (Å²) in [5.74, 6) is 0.267. The molecule has 1 atom stereocenters. The SMILES string of the molecule is CC(=O)C(Cl)c1ccc(CCl)c(N)c1. The van der Waals surface area contributed by atoms with Crippen LogP contribution in [0.2, 0.25) is 0 Å². The van der Waals surface area contributed by atoms with Crippen LogP contribution in [0.25, 0.3) is 0 Å². The molecule has 76 valence electrons. The largest absolute Gasteiger partial charge is 0.398 e. The van der Waals surface area contributed by atoms with E-state index in [-0.39, 0.29) is 5.78 Å². The van der Waals surface area contributed by atoms with Crippen LogP contribution in [0.4, 0.5) is 5.69 Å². The van der Waals surface area contributed by atoms with Crippen LogP contribution in [-0.2, 0) is 10.7 Å². The van der Waals surface area contributed by atoms with Crippen molar-refractivity contribution in [3.63, 3.8) is 0 Å². The first-order valence-corrected chi connectivity index (χ1v) is 5.12. The Morgan fingerprint density at radius 1 is 1.57 bits per heavy atom. The molecule has 0 aliphatic heterocycles. The van der Waals surface area contributed by atoms with Gasteiger partial charge in [-0.2, -0.15) is 0 Å². The number of anilines is 1. The maximum absolute atomic E-state index is 11.0. The van der Waals surface area contributed by atoms with E-state index >= 15 is 0 Å². The fourth-order valence-electron chi connectivity index (χ4n) is 1.13. The van der Waals surface area contributed by atoms with Gasteiger partial charge in [0, 0.05) is 11.6 Å². The molecule has 0 saturated carbocycles. The predicted octanol–water partition coefficient (Wildman–Crippen LogP) is 2.88. The summed E-state index contributed by atoms with van der Waals surface area (Å²) < 4.78 is 0. The molecule has 1 unspecified atom stereocenters. The number of rotatable bonds is 3. The van der Waals surface area contributed by atoms with Gasteiger partial charge in [-0.1, -0.05) is 12.1 Å². The van der Waals surface area contributed by atoms with Gasteiger partial charge in [0.1, 0.15) is 5.38 Å². The maximum Gasteiger partial charge on any atom is 0.152 e. The number of halogens is 2. The lowest BCUT2D eigenvalue weighted by atomic mass is 10.1. The van der Waals surface area contributed by atoms with Crippen LogP contribution in [0.15, 0.2) is 18.2 Å². The van der Waals surface area contributed by atoms with Crippen molar-refractivity contribution in [3.05, 3.63) is 29.3 Å². The van der Waals surface area contributed by atoms with Crippen molar-refractivity contribution in [2.45, 2.75) is 18.2 Å². The van der Waals surface area contributed by atoms with E-state index in [1.807, 2.05) is 0 Å². The van der Waals surface area contributed by atoms with Gasteiger partial charge >= 0.3 is 0 Å². The van der Waals surface area contributed by atoms with Crippen LogP contribution in [0, 0.1) is 0 Å². The maximum atomic E-state index is 11.0. The van der Waals surface area contributed by atoms with Crippen LogP contribution in [0.3, 0.4) is 0 Å². The Balaban J connectivity index is 3.02. The highest BCUT2D eigenvalue weighted by Gasteiger charge is 2.13. The third kappa shape index (κ3) is 2.40. The van der Waals surface area contributed by atoms with Crippen molar-refractivity contribution in [2.24, 2.45) is 0 Å². The van der Waals surface area contributed by atoms with Crippen LogP contribution in [0.1, 0.15) is 23.4 Å². The summed E-state index contributed by atoms with van der Waals surface area (Å²) in [4.78, 5) is 11.0. The normalized spacial score (nSPS) is 12.5. The monoisotopic (exact) mass is 231 g/mol. The second-order valence-electron chi connectivity index (χ2n) is 3.07. The van der Waals surface area contributed by atoms with Crippen molar-refractivity contribution in [1.82, 2.24) is 0 Å². The van der Waals surface area contributed by atoms with Gasteiger partial charge in [-0.3, -0.25) is 4.79 Å². The van der Waals surface area contributed by atoms with Gasteiger partial charge in [0.15, 0.2) is 5.78 Å². The summed E-state index contributed by atoms with van der Waals surface area (Å²) in [6.07, 6.45) is 0. The number of hydrogen-bond donors (Lipinski definition) is 1. The van der Waals surface area contributed by atoms with E-state index in [1.165, 1.54) is 6.92 Å². The highest BCUT2D eigenvalue weighted by Crippen LogP contribution is 2.25. The Morgan fingerprint density at radius 2 is 2.21 bits per heavy atom. The first kappa shape index (κ1) is 11.3. The van der Waals surface area contributed by atoms with E-state index in [9.17, 15) is 4.79 Å². The Morgan fingerprint density at radius 3 is 2.64 bits per heavy atom. The van der Waals surface area contributed by atoms with Crippen LogP contribution >= 0.6 is 23.2 Å². The molecular weight excluding hydrogens is 221 g/mol. The van der Waals surface area contributed by atoms with E-state index in [0.717, 1.165) is 5.56 Å². The summed E-state index contributed by atoms with van der Waals surface area (Å²) in [5.41, 5.74) is 7.85. The summed E-state index contributed by atoms with van der Waals surface area (Å²) >= 11 is 11.5. The lowest BCUT2D eigenvalue weighted by molar-refractivity contribution is -0.116. The smallest absolute Gasteiger partial charge is 0.152 e. The molecule has 0 aliphatic rings. The number of benzene rings is 1. The van der Waals surface area contributed by atoms with Gasteiger partial charge < -0.3 is 5.73 Å². The van der Waals surface area contributed by atoms with Crippen molar-refractivity contribution < 1.29 is 4.79 Å². The number of alkyl halides is 2. The summed E-state index contributed by atoms with van der Waals surface area (Å²) in [6, 6.07) is 5.25. The van der Waals surface area contributed by atoms with Gasteiger partial charge in [-0.25, -0.2) is 0 Å². The van der Waals surface area contributed by atoms with Crippen LogP contribution in [0.5, 0.6) is 0 Å². The molecule has 14 heavy (non-hydrogen) atoms. The molecule has 0 bridgehead atoms. The zero-order valence-electron chi connectivity index (χ0n) is 7.76. The number of Topliss-reactive ketones (excluding diaryl/α,β-unsaturated/α-hetero) is 1. The first-order chi connectivity index (χ1) is 6.56. The van der Waals surface area contributed by atoms with E-state index < -0.39 is 5.38 Å².